The molecule has 1 aliphatic rings. The molecule has 1 saturated heterocycles. The highest BCUT2D eigenvalue weighted by Crippen LogP contribution is 2.26. The van der Waals surface area contributed by atoms with Crippen molar-refractivity contribution in [2.45, 2.75) is 45.2 Å². The zero-order valence-corrected chi connectivity index (χ0v) is 12.3. The number of aryl methyl sites for hydroxylation is 1. The largest absolute Gasteiger partial charge is 0.481 e. The molecule has 0 radical (unpaired) electrons. The van der Waals surface area contributed by atoms with Crippen LogP contribution in [0.5, 0.6) is 0 Å². The van der Waals surface area contributed by atoms with E-state index in [0.717, 1.165) is 31.4 Å². The topological polar surface area (TPSA) is 40.5 Å². The molecule has 5 heteroatoms. The van der Waals surface area contributed by atoms with Crippen LogP contribution in [0.15, 0.2) is 12.1 Å². The maximum absolute atomic E-state index is 13.6. The van der Waals surface area contributed by atoms with Crippen LogP contribution in [0.1, 0.15) is 36.8 Å². The molecule has 110 valence electrons. The number of hydrogen-bond donors (Lipinski definition) is 1. The first-order valence-electron chi connectivity index (χ1n) is 6.87. The second-order valence-electron chi connectivity index (χ2n) is 5.41. The Bertz CT molecular complexity index is 507. The van der Waals surface area contributed by atoms with Gasteiger partial charge in [0.2, 0.25) is 0 Å². The van der Waals surface area contributed by atoms with Crippen molar-refractivity contribution >= 4 is 17.6 Å². The summed E-state index contributed by atoms with van der Waals surface area (Å²) in [4.78, 5) is 13.0. The van der Waals surface area contributed by atoms with E-state index in [9.17, 15) is 9.18 Å². The van der Waals surface area contributed by atoms with Gasteiger partial charge in [-0.1, -0.05) is 18.0 Å². The fourth-order valence-corrected chi connectivity index (χ4v) is 3.01. The van der Waals surface area contributed by atoms with Gasteiger partial charge in [0.05, 0.1) is 6.42 Å². The molecule has 0 aromatic heterocycles. The van der Waals surface area contributed by atoms with Gasteiger partial charge in [0.25, 0.3) is 0 Å². The number of hydrogen-bond acceptors (Lipinski definition) is 2. The molecule has 1 aromatic carbocycles. The average molecular weight is 300 g/mol. The minimum atomic E-state index is -0.789. The number of piperidine rings is 1. The molecule has 0 bridgehead atoms. The van der Waals surface area contributed by atoms with Crippen molar-refractivity contribution in [3.63, 3.8) is 0 Å². The Kier molecular flexibility index (Phi) is 5.00. The van der Waals surface area contributed by atoms with E-state index in [0.29, 0.717) is 17.1 Å². The number of carboxylic acids is 1. The fourth-order valence-electron chi connectivity index (χ4n) is 2.73. The van der Waals surface area contributed by atoms with Crippen LogP contribution in [0, 0.1) is 12.7 Å². The molecule has 20 heavy (non-hydrogen) atoms. The second-order valence-corrected chi connectivity index (χ2v) is 5.82. The lowest BCUT2D eigenvalue weighted by molar-refractivity contribution is -0.138. The van der Waals surface area contributed by atoms with Crippen LogP contribution in [-0.2, 0) is 11.3 Å². The van der Waals surface area contributed by atoms with Crippen LogP contribution < -0.4 is 0 Å². The lowest BCUT2D eigenvalue weighted by Crippen LogP contribution is -2.40. The molecular formula is C15H19ClFNO2. The van der Waals surface area contributed by atoms with Crippen LogP contribution in [-0.4, -0.2) is 28.6 Å². The summed E-state index contributed by atoms with van der Waals surface area (Å²) in [6.45, 7) is 3.02. The summed E-state index contributed by atoms with van der Waals surface area (Å²) in [5.41, 5.74) is 1.26. The van der Waals surface area contributed by atoms with Gasteiger partial charge in [0.15, 0.2) is 0 Å². The molecule has 1 heterocycles. The Morgan fingerprint density at radius 1 is 1.50 bits per heavy atom. The van der Waals surface area contributed by atoms with E-state index < -0.39 is 5.97 Å². The third-order valence-electron chi connectivity index (χ3n) is 3.86. The third-order valence-corrected chi connectivity index (χ3v) is 4.21. The summed E-state index contributed by atoms with van der Waals surface area (Å²) in [7, 11) is 0. The van der Waals surface area contributed by atoms with Gasteiger partial charge in [-0.2, -0.15) is 0 Å². The Morgan fingerprint density at radius 3 is 2.95 bits per heavy atom. The van der Waals surface area contributed by atoms with Gasteiger partial charge in [-0.15, -0.1) is 0 Å². The molecule has 0 spiro atoms. The molecule has 1 aromatic rings. The minimum absolute atomic E-state index is 0.0154. The predicted octanol–water partition coefficient (Wildman–Crippen LogP) is 3.62. The number of carboxylic acid groups (broad SMARTS) is 1. The van der Waals surface area contributed by atoms with E-state index in [4.69, 9.17) is 16.7 Å². The molecule has 1 N–H and O–H groups in total. The SMILES string of the molecule is Cc1cc(Cl)c(CN2CCCCC2CC(=O)O)cc1F. The van der Waals surface area contributed by atoms with Crippen molar-refractivity contribution in [3.05, 3.63) is 34.1 Å². The van der Waals surface area contributed by atoms with Crippen molar-refractivity contribution in [1.82, 2.24) is 4.90 Å². The first kappa shape index (κ1) is 15.3. The highest BCUT2D eigenvalue weighted by molar-refractivity contribution is 6.31. The summed E-state index contributed by atoms with van der Waals surface area (Å²) in [6, 6.07) is 3.11. The summed E-state index contributed by atoms with van der Waals surface area (Å²) in [5, 5.41) is 9.52. The standard InChI is InChI=1S/C15H19ClFNO2/c1-10-6-13(16)11(7-14(10)17)9-18-5-3-2-4-12(18)8-15(19)20/h6-7,12H,2-5,8-9H2,1H3,(H,19,20). The summed E-state index contributed by atoms with van der Waals surface area (Å²) >= 11 is 6.16. The van der Waals surface area contributed by atoms with Crippen molar-refractivity contribution in [2.24, 2.45) is 0 Å². The number of halogens is 2. The van der Waals surface area contributed by atoms with Crippen LogP contribution in [0.25, 0.3) is 0 Å². The van der Waals surface area contributed by atoms with E-state index >= 15 is 0 Å². The number of rotatable bonds is 4. The average Bonchev–Trinajstić information content (AvgIpc) is 2.37. The van der Waals surface area contributed by atoms with Gasteiger partial charge >= 0.3 is 5.97 Å². The molecule has 1 aliphatic heterocycles. The van der Waals surface area contributed by atoms with E-state index in [1.807, 2.05) is 0 Å². The molecular weight excluding hydrogens is 281 g/mol. The molecule has 2 rings (SSSR count). The fraction of sp³-hybridized carbons (Fsp3) is 0.533. The van der Waals surface area contributed by atoms with Gasteiger partial charge in [-0.3, -0.25) is 9.69 Å². The third kappa shape index (κ3) is 3.70. The van der Waals surface area contributed by atoms with E-state index in [1.54, 1.807) is 13.0 Å². The lowest BCUT2D eigenvalue weighted by Gasteiger charge is -2.35. The summed E-state index contributed by atoms with van der Waals surface area (Å²) < 4.78 is 13.6. The zero-order valence-electron chi connectivity index (χ0n) is 11.5. The van der Waals surface area contributed by atoms with Crippen molar-refractivity contribution in [3.8, 4) is 0 Å². The molecule has 3 nitrogen and oxygen atoms in total. The van der Waals surface area contributed by atoms with Crippen molar-refractivity contribution < 1.29 is 14.3 Å². The lowest BCUT2D eigenvalue weighted by atomic mass is 9.98. The van der Waals surface area contributed by atoms with Gasteiger partial charge < -0.3 is 5.11 Å². The van der Waals surface area contributed by atoms with E-state index in [-0.39, 0.29) is 18.3 Å². The molecule has 0 saturated carbocycles. The maximum atomic E-state index is 13.6. The Morgan fingerprint density at radius 2 is 2.25 bits per heavy atom. The number of carbonyl (C=O) groups is 1. The Balaban J connectivity index is 2.14. The maximum Gasteiger partial charge on any atom is 0.304 e. The number of likely N-dealkylation sites (tertiary alicyclic amines) is 1. The summed E-state index contributed by atoms with van der Waals surface area (Å²) in [6.07, 6.45) is 3.09. The highest BCUT2D eigenvalue weighted by Gasteiger charge is 2.25. The minimum Gasteiger partial charge on any atom is -0.481 e. The second kappa shape index (κ2) is 6.55. The number of aliphatic carboxylic acids is 1. The molecule has 1 unspecified atom stereocenters. The first-order valence-corrected chi connectivity index (χ1v) is 7.25. The molecule has 0 amide bonds. The summed E-state index contributed by atoms with van der Waals surface area (Å²) in [5.74, 6) is -1.06. The number of nitrogens with zero attached hydrogens (tertiary/aromatic N) is 1. The predicted molar refractivity (Wildman–Crippen MR) is 76.4 cm³/mol. The molecule has 1 fully saturated rings. The van der Waals surface area contributed by atoms with Crippen molar-refractivity contribution in [2.75, 3.05) is 6.54 Å². The van der Waals surface area contributed by atoms with Gasteiger partial charge in [0.1, 0.15) is 5.82 Å². The van der Waals surface area contributed by atoms with Crippen LogP contribution >= 0.6 is 11.6 Å². The smallest absolute Gasteiger partial charge is 0.304 e. The quantitative estimate of drug-likeness (QED) is 0.923. The first-order chi connectivity index (χ1) is 9.47. The van der Waals surface area contributed by atoms with Gasteiger partial charge in [0, 0.05) is 17.6 Å². The van der Waals surface area contributed by atoms with E-state index in [1.165, 1.54) is 6.07 Å². The van der Waals surface area contributed by atoms with Crippen LogP contribution in [0.4, 0.5) is 4.39 Å². The van der Waals surface area contributed by atoms with Gasteiger partial charge in [-0.05, 0) is 49.6 Å². The highest BCUT2D eigenvalue weighted by atomic mass is 35.5. The molecule has 0 aliphatic carbocycles. The normalized spacial score (nSPS) is 20.1. The van der Waals surface area contributed by atoms with Crippen LogP contribution in [0.3, 0.4) is 0 Å². The monoisotopic (exact) mass is 299 g/mol. The van der Waals surface area contributed by atoms with E-state index in [2.05, 4.69) is 4.90 Å². The Labute approximate surface area is 123 Å². The Hall–Kier alpha value is -1.13. The van der Waals surface area contributed by atoms with Gasteiger partial charge in [-0.25, -0.2) is 4.39 Å². The van der Waals surface area contributed by atoms with Crippen molar-refractivity contribution in [1.29, 1.82) is 0 Å². The molecule has 1 atom stereocenters. The zero-order chi connectivity index (χ0) is 14.7. The number of benzene rings is 1. The van der Waals surface area contributed by atoms with Crippen LogP contribution in [0.2, 0.25) is 5.02 Å².